The third-order valence-electron chi connectivity index (χ3n) is 5.06. The van der Waals surface area contributed by atoms with Gasteiger partial charge in [-0.3, -0.25) is 9.59 Å². The molecule has 0 aromatic heterocycles. The standard InChI is InChI=1S/C22H30ClNO4SSi/c1-7-12-27-18(25)13-24-20(19(22(24)26)15(3)28-30(4,5)6)14(2)21(29)16-8-10-17(23)11-9-16/h7-11,14-15,19-20H,1,12-13H2,2-6H3/t14-,15-,19-,20-/m1/s1. The van der Waals surface area contributed by atoms with Crippen LogP contribution in [-0.4, -0.2) is 55.3 Å². The molecule has 1 saturated heterocycles. The van der Waals surface area contributed by atoms with Crippen LogP contribution in [0.5, 0.6) is 0 Å². The van der Waals surface area contributed by atoms with Gasteiger partial charge in [-0.2, -0.15) is 0 Å². The lowest BCUT2D eigenvalue weighted by molar-refractivity contribution is -0.171. The van der Waals surface area contributed by atoms with Crippen LogP contribution in [0.1, 0.15) is 19.4 Å². The van der Waals surface area contributed by atoms with Crippen LogP contribution in [-0.2, 0) is 18.8 Å². The Labute approximate surface area is 190 Å². The van der Waals surface area contributed by atoms with Crippen molar-refractivity contribution in [2.24, 2.45) is 11.8 Å². The van der Waals surface area contributed by atoms with Crippen LogP contribution in [0.25, 0.3) is 0 Å². The largest absolute Gasteiger partial charge is 0.460 e. The maximum Gasteiger partial charge on any atom is 0.325 e. The van der Waals surface area contributed by atoms with E-state index in [4.69, 9.17) is 33.0 Å². The fourth-order valence-electron chi connectivity index (χ4n) is 3.84. The van der Waals surface area contributed by atoms with Crippen molar-refractivity contribution in [3.05, 3.63) is 47.5 Å². The average molecular weight is 468 g/mol. The first-order chi connectivity index (χ1) is 14.0. The summed E-state index contributed by atoms with van der Waals surface area (Å²) in [5.74, 6) is -1.07. The Morgan fingerprint density at radius 1 is 1.30 bits per heavy atom. The van der Waals surface area contributed by atoms with Crippen LogP contribution < -0.4 is 0 Å². The van der Waals surface area contributed by atoms with Crippen molar-refractivity contribution >= 4 is 48.9 Å². The lowest BCUT2D eigenvalue weighted by Gasteiger charge is -2.52. The minimum atomic E-state index is -1.85. The van der Waals surface area contributed by atoms with Gasteiger partial charge in [-0.25, -0.2) is 0 Å². The topological polar surface area (TPSA) is 55.8 Å². The number of esters is 1. The number of halogens is 1. The smallest absolute Gasteiger partial charge is 0.325 e. The number of benzene rings is 1. The van der Waals surface area contributed by atoms with E-state index in [1.54, 1.807) is 17.0 Å². The monoisotopic (exact) mass is 467 g/mol. The molecule has 8 heteroatoms. The molecule has 4 atom stereocenters. The summed E-state index contributed by atoms with van der Waals surface area (Å²) in [5, 5.41) is 0.634. The maximum atomic E-state index is 13.0. The minimum Gasteiger partial charge on any atom is -0.460 e. The fourth-order valence-corrected chi connectivity index (χ4v) is 5.50. The molecule has 0 saturated carbocycles. The van der Waals surface area contributed by atoms with E-state index in [1.807, 2.05) is 26.0 Å². The zero-order chi connectivity index (χ0) is 22.6. The second-order valence-electron chi connectivity index (χ2n) is 8.55. The quantitative estimate of drug-likeness (QED) is 0.127. The summed E-state index contributed by atoms with van der Waals surface area (Å²) in [4.78, 5) is 27.4. The first-order valence-electron chi connectivity index (χ1n) is 10.0. The molecule has 1 aliphatic heterocycles. The number of hydrogen-bond donors (Lipinski definition) is 0. The Morgan fingerprint density at radius 2 is 1.90 bits per heavy atom. The Balaban J connectivity index is 2.26. The number of β-lactam (4-membered cyclic amide) rings is 1. The highest BCUT2D eigenvalue weighted by atomic mass is 35.5. The van der Waals surface area contributed by atoms with Crippen molar-refractivity contribution in [1.82, 2.24) is 4.90 Å². The third-order valence-corrected chi connectivity index (χ3v) is 7.00. The van der Waals surface area contributed by atoms with E-state index in [9.17, 15) is 9.59 Å². The molecule has 1 aromatic rings. The molecule has 2 rings (SSSR count). The van der Waals surface area contributed by atoms with Gasteiger partial charge in [-0.15, -0.1) is 0 Å². The van der Waals surface area contributed by atoms with Crippen LogP contribution in [0.3, 0.4) is 0 Å². The van der Waals surface area contributed by atoms with E-state index in [1.165, 1.54) is 6.08 Å². The first-order valence-corrected chi connectivity index (χ1v) is 14.2. The van der Waals surface area contributed by atoms with Crippen LogP contribution in [0.15, 0.2) is 36.9 Å². The highest BCUT2D eigenvalue weighted by molar-refractivity contribution is 7.80. The summed E-state index contributed by atoms with van der Waals surface area (Å²) in [6.45, 7) is 13.7. The predicted octanol–water partition coefficient (Wildman–Crippen LogP) is 4.49. The molecule has 0 spiro atoms. The molecular weight excluding hydrogens is 438 g/mol. The zero-order valence-electron chi connectivity index (χ0n) is 18.2. The SMILES string of the molecule is C=CCOC(=O)CN1C(=O)[C@H]([C@@H](C)O[Si](C)(C)C)[C@H]1[C@@H](C)C(=S)c1ccc(Cl)cc1. The Bertz CT molecular complexity index is 808. The highest BCUT2D eigenvalue weighted by Gasteiger charge is 2.54. The van der Waals surface area contributed by atoms with Gasteiger partial charge in [0.1, 0.15) is 13.2 Å². The van der Waals surface area contributed by atoms with E-state index >= 15 is 0 Å². The number of rotatable bonds is 10. The molecular formula is C22H30ClNO4SSi. The fraction of sp³-hybridized carbons (Fsp3) is 0.500. The predicted molar refractivity (Wildman–Crippen MR) is 126 cm³/mol. The molecule has 0 radical (unpaired) electrons. The van der Waals surface area contributed by atoms with Gasteiger partial charge in [0.15, 0.2) is 8.32 Å². The Kier molecular flexibility index (Phi) is 8.39. The minimum absolute atomic E-state index is 0.105. The molecule has 0 unspecified atom stereocenters. The Morgan fingerprint density at radius 3 is 2.43 bits per heavy atom. The maximum absolute atomic E-state index is 13.0. The number of carbonyl (C=O) groups is 2. The third kappa shape index (κ3) is 6.00. The van der Waals surface area contributed by atoms with Gasteiger partial charge in [-0.1, -0.05) is 55.5 Å². The summed E-state index contributed by atoms with van der Waals surface area (Å²) in [5.41, 5.74) is 0.882. The summed E-state index contributed by atoms with van der Waals surface area (Å²) in [7, 11) is -1.85. The molecule has 164 valence electrons. The van der Waals surface area contributed by atoms with Crippen molar-refractivity contribution in [1.29, 1.82) is 0 Å². The van der Waals surface area contributed by atoms with Crippen molar-refractivity contribution in [3.63, 3.8) is 0 Å². The van der Waals surface area contributed by atoms with Gasteiger partial charge in [0.25, 0.3) is 0 Å². The lowest BCUT2D eigenvalue weighted by Crippen LogP contribution is -2.69. The number of amides is 1. The van der Waals surface area contributed by atoms with Crippen LogP contribution in [0, 0.1) is 11.8 Å². The van der Waals surface area contributed by atoms with Gasteiger partial charge in [0.2, 0.25) is 5.91 Å². The molecule has 5 nitrogen and oxygen atoms in total. The van der Waals surface area contributed by atoms with Crippen LogP contribution >= 0.6 is 23.8 Å². The first kappa shape index (κ1) is 24.7. The molecule has 0 N–H and O–H groups in total. The lowest BCUT2D eigenvalue weighted by atomic mass is 9.74. The molecule has 1 heterocycles. The molecule has 1 aliphatic rings. The van der Waals surface area contributed by atoms with Crippen molar-refractivity contribution in [2.75, 3.05) is 13.2 Å². The number of carbonyl (C=O) groups excluding carboxylic acids is 2. The average Bonchev–Trinajstić information content (AvgIpc) is 2.66. The van der Waals surface area contributed by atoms with Crippen molar-refractivity contribution < 1.29 is 18.8 Å². The highest BCUT2D eigenvalue weighted by Crippen LogP contribution is 2.38. The zero-order valence-corrected chi connectivity index (χ0v) is 20.8. The number of ether oxygens (including phenoxy) is 1. The van der Waals surface area contributed by atoms with E-state index in [-0.39, 0.29) is 43.0 Å². The summed E-state index contributed by atoms with van der Waals surface area (Å²) >= 11 is 11.7. The number of hydrogen-bond acceptors (Lipinski definition) is 5. The van der Waals surface area contributed by atoms with Gasteiger partial charge >= 0.3 is 5.97 Å². The second-order valence-corrected chi connectivity index (χ2v) is 13.9. The molecule has 0 aliphatic carbocycles. The van der Waals surface area contributed by atoms with Crippen molar-refractivity contribution in [3.8, 4) is 0 Å². The Hall–Kier alpha value is -1.54. The van der Waals surface area contributed by atoms with Crippen LogP contribution in [0.4, 0.5) is 0 Å². The summed E-state index contributed by atoms with van der Waals surface area (Å²) in [6.07, 6.45) is 1.24. The van der Waals surface area contributed by atoms with Gasteiger partial charge < -0.3 is 14.1 Å². The van der Waals surface area contributed by atoms with Gasteiger partial charge in [0, 0.05) is 15.8 Å². The molecule has 0 bridgehead atoms. The number of likely N-dealkylation sites (tertiary alicyclic amines) is 1. The molecule has 1 fully saturated rings. The van der Waals surface area contributed by atoms with Crippen LogP contribution in [0.2, 0.25) is 24.7 Å². The van der Waals surface area contributed by atoms with E-state index in [0.29, 0.717) is 5.02 Å². The summed E-state index contributed by atoms with van der Waals surface area (Å²) in [6, 6.07) is 7.09. The van der Waals surface area contributed by atoms with Crippen molar-refractivity contribution in [2.45, 2.75) is 45.6 Å². The molecule has 30 heavy (non-hydrogen) atoms. The number of nitrogens with zero attached hydrogens (tertiary/aromatic N) is 1. The molecule has 1 aromatic carbocycles. The van der Waals surface area contributed by atoms with E-state index in [0.717, 1.165) is 10.4 Å². The second kappa shape index (κ2) is 10.2. The summed E-state index contributed by atoms with van der Waals surface area (Å²) < 4.78 is 11.3. The van der Waals surface area contributed by atoms with E-state index < -0.39 is 14.3 Å². The number of thiocarbonyl (C=S) groups is 1. The van der Waals surface area contributed by atoms with E-state index in [2.05, 4.69) is 26.2 Å². The van der Waals surface area contributed by atoms with Gasteiger partial charge in [0.05, 0.1) is 18.1 Å². The molecule has 1 amide bonds. The normalized spacial score (nSPS) is 20.9. The van der Waals surface area contributed by atoms with Gasteiger partial charge in [-0.05, 0) is 44.3 Å².